The maximum Gasteiger partial charge on any atom is 0.152 e. The molecule has 0 atom stereocenters. The van der Waals surface area contributed by atoms with Crippen molar-refractivity contribution in [1.82, 2.24) is 19.5 Å². The zero-order chi connectivity index (χ0) is 15.6. The van der Waals surface area contributed by atoms with E-state index in [4.69, 9.17) is 0 Å². The number of hydrogen-bond donors (Lipinski definition) is 1. The molecule has 0 bridgehead atoms. The molecule has 0 fully saturated rings. The zero-order valence-electron chi connectivity index (χ0n) is 14.0. The highest BCUT2D eigenvalue weighted by molar-refractivity contribution is 5.68. The molecule has 0 aromatic carbocycles. The number of likely N-dealkylation sites (N-methyl/N-ethyl adjacent to an activating group) is 1. The van der Waals surface area contributed by atoms with Gasteiger partial charge in [0.1, 0.15) is 5.52 Å². The Kier molecular flexibility index (Phi) is 4.52. The number of hydrogen-bond acceptors (Lipinski definition) is 4. The average Bonchev–Trinajstić information content (AvgIpc) is 2.83. The molecule has 1 N–H and O–H groups in total. The summed E-state index contributed by atoms with van der Waals surface area (Å²) in [5.74, 6) is 0.901. The minimum Gasteiger partial charge on any atom is -0.367 e. The average molecular weight is 289 g/mol. The first kappa shape index (κ1) is 15.8. The van der Waals surface area contributed by atoms with Gasteiger partial charge in [-0.25, -0.2) is 9.50 Å². The van der Waals surface area contributed by atoms with Gasteiger partial charge in [-0.3, -0.25) is 0 Å². The Labute approximate surface area is 127 Å². The van der Waals surface area contributed by atoms with Crippen molar-refractivity contribution in [3.8, 4) is 0 Å². The fourth-order valence-electron chi connectivity index (χ4n) is 2.03. The number of nitrogens with one attached hydrogen (secondary N) is 1. The van der Waals surface area contributed by atoms with E-state index in [1.54, 1.807) is 6.20 Å². The van der Waals surface area contributed by atoms with Crippen LogP contribution in [-0.4, -0.2) is 45.7 Å². The van der Waals surface area contributed by atoms with Gasteiger partial charge < -0.3 is 10.2 Å². The SMILES string of the molecule is CC(C)N(C)CCNc1nccn2nc(C(C)(C)C)cc12. The lowest BCUT2D eigenvalue weighted by Gasteiger charge is -2.21. The van der Waals surface area contributed by atoms with E-state index in [9.17, 15) is 0 Å². The first-order chi connectivity index (χ1) is 9.79. The molecule has 5 heteroatoms. The Hall–Kier alpha value is -1.62. The Balaban J connectivity index is 2.15. The third kappa shape index (κ3) is 3.73. The summed E-state index contributed by atoms with van der Waals surface area (Å²) in [5.41, 5.74) is 2.16. The number of aromatic nitrogens is 3. The molecular formula is C16H27N5. The van der Waals surface area contributed by atoms with E-state index < -0.39 is 0 Å². The van der Waals surface area contributed by atoms with Crippen LogP contribution in [0, 0.1) is 0 Å². The Morgan fingerprint density at radius 1 is 1.33 bits per heavy atom. The van der Waals surface area contributed by atoms with Crippen molar-refractivity contribution in [3.05, 3.63) is 24.2 Å². The highest BCUT2D eigenvalue weighted by Gasteiger charge is 2.19. The summed E-state index contributed by atoms with van der Waals surface area (Å²) in [5, 5.41) is 8.07. The molecule has 0 aliphatic rings. The Morgan fingerprint density at radius 3 is 2.67 bits per heavy atom. The molecule has 5 nitrogen and oxygen atoms in total. The van der Waals surface area contributed by atoms with Crippen LogP contribution < -0.4 is 5.32 Å². The van der Waals surface area contributed by atoms with Crippen molar-refractivity contribution in [1.29, 1.82) is 0 Å². The summed E-state index contributed by atoms with van der Waals surface area (Å²) < 4.78 is 1.90. The lowest BCUT2D eigenvalue weighted by molar-refractivity contribution is 0.284. The normalized spacial score (nSPS) is 12.6. The fraction of sp³-hybridized carbons (Fsp3) is 0.625. The van der Waals surface area contributed by atoms with Gasteiger partial charge in [-0.2, -0.15) is 5.10 Å². The van der Waals surface area contributed by atoms with Crippen molar-refractivity contribution in [3.63, 3.8) is 0 Å². The first-order valence-corrected chi connectivity index (χ1v) is 7.58. The van der Waals surface area contributed by atoms with E-state index in [-0.39, 0.29) is 5.41 Å². The zero-order valence-corrected chi connectivity index (χ0v) is 14.0. The van der Waals surface area contributed by atoms with Crippen molar-refractivity contribution >= 4 is 11.3 Å². The second-order valence-corrected chi connectivity index (χ2v) is 6.89. The van der Waals surface area contributed by atoms with Crippen LogP contribution in [0.4, 0.5) is 5.82 Å². The van der Waals surface area contributed by atoms with E-state index in [1.165, 1.54) is 0 Å². The smallest absolute Gasteiger partial charge is 0.152 e. The molecule has 21 heavy (non-hydrogen) atoms. The van der Waals surface area contributed by atoms with Crippen LogP contribution in [0.25, 0.3) is 5.52 Å². The third-order valence-electron chi connectivity index (χ3n) is 3.80. The summed E-state index contributed by atoms with van der Waals surface area (Å²) in [6.45, 7) is 12.8. The predicted molar refractivity (Wildman–Crippen MR) is 87.9 cm³/mol. The fourth-order valence-corrected chi connectivity index (χ4v) is 2.03. The van der Waals surface area contributed by atoms with Gasteiger partial charge in [0, 0.05) is 36.9 Å². The molecule has 2 rings (SSSR count). The summed E-state index contributed by atoms with van der Waals surface area (Å²) in [6, 6.07) is 2.68. The molecule has 0 aliphatic heterocycles. The van der Waals surface area contributed by atoms with Crippen LogP contribution in [0.2, 0.25) is 0 Å². The van der Waals surface area contributed by atoms with Gasteiger partial charge in [0.05, 0.1) is 5.69 Å². The van der Waals surface area contributed by atoms with Crippen molar-refractivity contribution in [2.24, 2.45) is 0 Å². The van der Waals surface area contributed by atoms with Gasteiger partial charge >= 0.3 is 0 Å². The quantitative estimate of drug-likeness (QED) is 0.919. The van der Waals surface area contributed by atoms with Crippen molar-refractivity contribution < 1.29 is 0 Å². The van der Waals surface area contributed by atoms with Crippen LogP contribution in [0.15, 0.2) is 18.5 Å². The number of rotatable bonds is 5. The van der Waals surface area contributed by atoms with E-state index in [1.807, 2.05) is 10.7 Å². The van der Waals surface area contributed by atoms with Gasteiger partial charge in [-0.1, -0.05) is 20.8 Å². The first-order valence-electron chi connectivity index (χ1n) is 7.58. The van der Waals surface area contributed by atoms with Crippen LogP contribution >= 0.6 is 0 Å². The molecule has 2 aromatic heterocycles. The standard InChI is InChI=1S/C16H27N5/c1-12(2)20(6)9-7-17-15-13-11-14(16(3,4)5)19-21(13)10-8-18-15/h8,10-12H,7,9H2,1-6H3,(H,17,18). The lowest BCUT2D eigenvalue weighted by Crippen LogP contribution is -2.31. The molecule has 0 saturated heterocycles. The van der Waals surface area contributed by atoms with Gasteiger partial charge in [-0.05, 0) is 27.0 Å². The van der Waals surface area contributed by atoms with Crippen LogP contribution in [0.1, 0.15) is 40.3 Å². The van der Waals surface area contributed by atoms with Crippen LogP contribution in [0.3, 0.4) is 0 Å². The van der Waals surface area contributed by atoms with Gasteiger partial charge in [0.25, 0.3) is 0 Å². The van der Waals surface area contributed by atoms with Gasteiger partial charge in [-0.15, -0.1) is 0 Å². The maximum atomic E-state index is 4.64. The number of nitrogens with zero attached hydrogens (tertiary/aromatic N) is 4. The molecule has 116 valence electrons. The summed E-state index contributed by atoms with van der Waals surface area (Å²) in [4.78, 5) is 6.76. The van der Waals surface area contributed by atoms with Gasteiger partial charge in [0.15, 0.2) is 5.82 Å². The molecule has 2 heterocycles. The Morgan fingerprint density at radius 2 is 2.05 bits per heavy atom. The molecule has 0 amide bonds. The van der Waals surface area contributed by atoms with E-state index in [0.29, 0.717) is 6.04 Å². The highest BCUT2D eigenvalue weighted by atomic mass is 15.2. The highest BCUT2D eigenvalue weighted by Crippen LogP contribution is 2.24. The predicted octanol–water partition coefficient (Wildman–Crippen LogP) is 2.78. The third-order valence-corrected chi connectivity index (χ3v) is 3.80. The van der Waals surface area contributed by atoms with Crippen LogP contribution in [0.5, 0.6) is 0 Å². The monoisotopic (exact) mass is 289 g/mol. The van der Waals surface area contributed by atoms with Crippen LogP contribution in [-0.2, 0) is 5.41 Å². The Bertz CT molecular complexity index is 594. The van der Waals surface area contributed by atoms with Crippen molar-refractivity contribution in [2.45, 2.75) is 46.1 Å². The second-order valence-electron chi connectivity index (χ2n) is 6.89. The minimum atomic E-state index is 0.0428. The molecule has 2 aromatic rings. The molecule has 0 unspecified atom stereocenters. The maximum absolute atomic E-state index is 4.64. The molecular weight excluding hydrogens is 262 g/mol. The number of anilines is 1. The molecule has 0 saturated carbocycles. The molecule has 0 radical (unpaired) electrons. The summed E-state index contributed by atoms with van der Waals surface area (Å²) in [6.07, 6.45) is 3.69. The lowest BCUT2D eigenvalue weighted by atomic mass is 9.92. The van der Waals surface area contributed by atoms with Crippen molar-refractivity contribution in [2.75, 3.05) is 25.5 Å². The summed E-state index contributed by atoms with van der Waals surface area (Å²) in [7, 11) is 2.14. The van der Waals surface area contributed by atoms with Gasteiger partial charge in [0.2, 0.25) is 0 Å². The molecule has 0 spiro atoms. The second kappa shape index (κ2) is 6.02. The number of fused-ring (bicyclic) bond motifs is 1. The summed E-state index contributed by atoms with van der Waals surface area (Å²) >= 11 is 0. The minimum absolute atomic E-state index is 0.0428. The van der Waals surface area contributed by atoms with E-state index >= 15 is 0 Å². The van der Waals surface area contributed by atoms with E-state index in [0.717, 1.165) is 30.1 Å². The largest absolute Gasteiger partial charge is 0.367 e. The molecule has 0 aliphatic carbocycles. The van der Waals surface area contributed by atoms with E-state index in [2.05, 4.69) is 68.0 Å². The topological polar surface area (TPSA) is 45.5 Å².